The van der Waals surface area contributed by atoms with Crippen molar-refractivity contribution < 1.29 is 8.78 Å². The van der Waals surface area contributed by atoms with Crippen LogP contribution in [-0.4, -0.2) is 35.5 Å². The topological polar surface area (TPSA) is 101 Å². The quantitative estimate of drug-likeness (QED) is 0.142. The Kier molecular flexibility index (Phi) is 7.58. The molecule has 0 spiro atoms. The molecule has 2 radical (unpaired) electrons. The first-order chi connectivity index (χ1) is 20.4. The first-order valence-corrected chi connectivity index (χ1v) is 13.9. The van der Waals surface area contributed by atoms with Crippen molar-refractivity contribution in [3.63, 3.8) is 0 Å². The molecule has 2 aliphatic rings. The van der Waals surface area contributed by atoms with Crippen molar-refractivity contribution in [3.8, 4) is 6.07 Å². The number of rotatable bonds is 10. The normalized spacial score (nSPS) is 16.7. The van der Waals surface area contributed by atoms with Crippen molar-refractivity contribution in [2.24, 2.45) is 0 Å². The number of hydrogen-bond acceptors (Lipinski definition) is 8. The van der Waals surface area contributed by atoms with Gasteiger partial charge in [0.1, 0.15) is 13.9 Å². The number of pyridine rings is 2. The lowest BCUT2D eigenvalue weighted by molar-refractivity contribution is 0.260. The molecule has 0 saturated heterocycles. The third-order valence-electron chi connectivity index (χ3n) is 7.44. The second-order valence-corrected chi connectivity index (χ2v) is 10.7. The number of alkyl halides is 1. The van der Waals surface area contributed by atoms with Crippen LogP contribution in [0.2, 0.25) is 5.02 Å². The fraction of sp³-hybridized carbons (Fsp3) is 0.233. The van der Waals surface area contributed by atoms with Gasteiger partial charge in [0, 0.05) is 42.1 Å². The summed E-state index contributed by atoms with van der Waals surface area (Å²) in [5, 5.41) is 19.5. The van der Waals surface area contributed by atoms with Gasteiger partial charge in [0.2, 0.25) is 5.95 Å². The standard InChI is InChI=1S/C30H26BClF2N8/c31-30(20-6-9-27(34)36-16-20,26-17-42(41-40-26)22-7-8-22)39-21-12-23-28(19(14-35)15-37-29(23)24(32)13-21)38-25(10-11-33)18-4-2-1-3-5-18/h1-6,9,12-13,15-17,22,25,39-41H,7-8,10-11H2,(H,37,38)/t25-,30?/m1/s1. The Morgan fingerprint density at radius 3 is 2.67 bits per heavy atom. The van der Waals surface area contributed by atoms with Gasteiger partial charge in [-0.3, -0.25) is 14.4 Å². The first kappa shape index (κ1) is 27.8. The van der Waals surface area contributed by atoms with Gasteiger partial charge in [-0.15, -0.1) is 5.53 Å². The smallest absolute Gasteiger partial charge is 0.212 e. The summed E-state index contributed by atoms with van der Waals surface area (Å²) >= 11 is 6.75. The van der Waals surface area contributed by atoms with Gasteiger partial charge in [-0.25, -0.2) is 4.98 Å². The van der Waals surface area contributed by atoms with E-state index in [1.165, 1.54) is 18.5 Å². The van der Waals surface area contributed by atoms with Crippen LogP contribution < -0.4 is 21.6 Å². The van der Waals surface area contributed by atoms with Crippen molar-refractivity contribution >= 4 is 41.7 Å². The highest BCUT2D eigenvalue weighted by Crippen LogP contribution is 2.39. The number of nitriles is 1. The van der Waals surface area contributed by atoms with Crippen LogP contribution in [0.15, 0.2) is 78.9 Å². The van der Waals surface area contributed by atoms with E-state index in [9.17, 15) is 14.0 Å². The number of halogens is 3. The average molecular weight is 583 g/mol. The molecule has 210 valence electrons. The molecule has 1 aliphatic heterocycles. The Hall–Kier alpha value is -4.40. The second-order valence-electron chi connectivity index (χ2n) is 10.3. The molecule has 4 aromatic rings. The molecule has 4 N–H and O–H groups in total. The van der Waals surface area contributed by atoms with Gasteiger partial charge in [-0.05, 0) is 42.2 Å². The fourth-order valence-corrected chi connectivity index (χ4v) is 5.34. The molecule has 2 aromatic carbocycles. The second kappa shape index (κ2) is 11.5. The summed E-state index contributed by atoms with van der Waals surface area (Å²) < 4.78 is 27.4. The van der Waals surface area contributed by atoms with Gasteiger partial charge in [-0.1, -0.05) is 48.0 Å². The van der Waals surface area contributed by atoms with Crippen LogP contribution in [0.3, 0.4) is 0 Å². The number of fused-ring (bicyclic) bond motifs is 1. The van der Waals surface area contributed by atoms with Crippen LogP contribution in [0, 0.1) is 17.3 Å². The van der Waals surface area contributed by atoms with Crippen LogP contribution in [0.25, 0.3) is 10.9 Å². The summed E-state index contributed by atoms with van der Waals surface area (Å²) in [6, 6.07) is 17.9. The van der Waals surface area contributed by atoms with Crippen molar-refractivity contribution in [3.05, 3.63) is 107 Å². The molecule has 12 heteroatoms. The van der Waals surface area contributed by atoms with E-state index in [1.54, 1.807) is 18.2 Å². The number of hydrazine groups is 2. The van der Waals surface area contributed by atoms with Gasteiger partial charge in [-0.2, -0.15) is 9.65 Å². The molecular formula is C30H26BClF2N8. The summed E-state index contributed by atoms with van der Waals surface area (Å²) in [5.41, 5.74) is 8.53. The zero-order chi connectivity index (χ0) is 29.3. The van der Waals surface area contributed by atoms with Crippen LogP contribution in [0.5, 0.6) is 0 Å². The zero-order valence-corrected chi connectivity index (χ0v) is 23.2. The molecule has 2 aromatic heterocycles. The number of hydrogen-bond donors (Lipinski definition) is 4. The Morgan fingerprint density at radius 2 is 1.98 bits per heavy atom. The SMILES string of the molecule is [B]C(Nc1cc(Cl)c2ncc(C#N)c(N[C@H](CCF)c3ccccc3)c2c1)(C1=CN(C2CC2)NN1)c1ccc(F)nc1. The maximum atomic E-state index is 13.8. The lowest BCUT2D eigenvalue weighted by Crippen LogP contribution is -2.45. The third-order valence-corrected chi connectivity index (χ3v) is 7.73. The minimum absolute atomic E-state index is 0.193. The van der Waals surface area contributed by atoms with Gasteiger partial charge in [0.25, 0.3) is 0 Å². The van der Waals surface area contributed by atoms with Crippen molar-refractivity contribution in [2.45, 2.75) is 36.8 Å². The molecule has 0 bridgehead atoms. The lowest BCUT2D eigenvalue weighted by Gasteiger charge is -2.34. The maximum Gasteiger partial charge on any atom is 0.212 e. The van der Waals surface area contributed by atoms with Crippen LogP contribution in [0.1, 0.15) is 42.0 Å². The Labute approximate surface area is 248 Å². The predicted molar refractivity (Wildman–Crippen MR) is 159 cm³/mol. The molecular weight excluding hydrogens is 557 g/mol. The molecule has 1 fully saturated rings. The summed E-state index contributed by atoms with van der Waals surface area (Å²) in [6.07, 6.45) is 7.00. The fourth-order valence-electron chi connectivity index (χ4n) is 5.07. The van der Waals surface area contributed by atoms with E-state index < -0.39 is 24.1 Å². The lowest BCUT2D eigenvalue weighted by atomic mass is 9.70. The number of aromatic nitrogens is 2. The van der Waals surface area contributed by atoms with E-state index >= 15 is 0 Å². The van der Waals surface area contributed by atoms with E-state index in [4.69, 9.17) is 19.4 Å². The van der Waals surface area contributed by atoms with Gasteiger partial charge < -0.3 is 16.1 Å². The van der Waals surface area contributed by atoms with E-state index in [0.29, 0.717) is 44.6 Å². The predicted octanol–water partition coefficient (Wildman–Crippen LogP) is 5.57. The highest BCUT2D eigenvalue weighted by Gasteiger charge is 2.38. The van der Waals surface area contributed by atoms with Crippen LogP contribution in [0.4, 0.5) is 20.2 Å². The summed E-state index contributed by atoms with van der Waals surface area (Å²) in [7, 11) is 7.03. The number of nitrogens with zero attached hydrogens (tertiary/aromatic N) is 4. The van der Waals surface area contributed by atoms with Gasteiger partial charge >= 0.3 is 0 Å². The summed E-state index contributed by atoms with van der Waals surface area (Å²) in [5.74, 6) is -0.631. The highest BCUT2D eigenvalue weighted by atomic mass is 35.5. The highest BCUT2D eigenvalue weighted by molar-refractivity contribution is 6.36. The van der Waals surface area contributed by atoms with Crippen molar-refractivity contribution in [1.29, 1.82) is 5.26 Å². The minimum atomic E-state index is -1.39. The van der Waals surface area contributed by atoms with E-state index in [0.717, 1.165) is 18.4 Å². The largest absolute Gasteiger partial charge is 0.378 e. The Balaban J connectivity index is 1.44. The molecule has 2 atom stereocenters. The van der Waals surface area contributed by atoms with E-state index in [2.05, 4.69) is 37.6 Å². The Morgan fingerprint density at radius 1 is 1.17 bits per heavy atom. The molecule has 1 saturated carbocycles. The van der Waals surface area contributed by atoms with E-state index in [-0.39, 0.29) is 12.0 Å². The molecule has 6 rings (SSSR count). The summed E-state index contributed by atoms with van der Waals surface area (Å²) in [4.78, 5) is 8.26. The minimum Gasteiger partial charge on any atom is -0.378 e. The monoisotopic (exact) mass is 582 g/mol. The van der Waals surface area contributed by atoms with E-state index in [1.807, 2.05) is 41.5 Å². The molecule has 1 unspecified atom stereocenters. The van der Waals surface area contributed by atoms with Crippen LogP contribution in [-0.2, 0) is 5.44 Å². The number of nitrogens with one attached hydrogen (secondary N) is 4. The molecule has 42 heavy (non-hydrogen) atoms. The third kappa shape index (κ3) is 5.43. The molecule has 1 aliphatic carbocycles. The average Bonchev–Trinajstić information content (AvgIpc) is 3.73. The maximum absolute atomic E-state index is 13.8. The van der Waals surface area contributed by atoms with Gasteiger partial charge in [0.05, 0.1) is 45.6 Å². The molecule has 8 nitrogen and oxygen atoms in total. The summed E-state index contributed by atoms with van der Waals surface area (Å²) in [6.45, 7) is -0.555. The van der Waals surface area contributed by atoms with Crippen molar-refractivity contribution in [1.82, 2.24) is 25.9 Å². The zero-order valence-electron chi connectivity index (χ0n) is 22.4. The molecule has 3 heterocycles. The van der Waals surface area contributed by atoms with Crippen LogP contribution >= 0.6 is 11.6 Å². The first-order valence-electron chi connectivity index (χ1n) is 13.5. The molecule has 0 amide bonds. The van der Waals surface area contributed by atoms with Gasteiger partial charge in [0.15, 0.2) is 0 Å². The Bertz CT molecular complexity index is 1680. The number of anilines is 2. The number of benzene rings is 2. The van der Waals surface area contributed by atoms with Crippen molar-refractivity contribution in [2.75, 3.05) is 17.3 Å².